The summed E-state index contributed by atoms with van der Waals surface area (Å²) in [6.07, 6.45) is 9.99. The summed E-state index contributed by atoms with van der Waals surface area (Å²) in [6, 6.07) is 9.70. The normalized spacial score (nSPS) is 17.1. The first-order valence-corrected chi connectivity index (χ1v) is 19.0. The van der Waals surface area contributed by atoms with Gasteiger partial charge in [0.2, 0.25) is 17.7 Å². The third-order valence-corrected chi connectivity index (χ3v) is 8.56. The van der Waals surface area contributed by atoms with E-state index in [1.165, 1.54) is 0 Å². The van der Waals surface area contributed by atoms with Crippen molar-refractivity contribution in [1.82, 2.24) is 16.0 Å². The molecule has 0 bridgehead atoms. The number of unbranched alkanes of at least 4 members (excludes halogenated alkanes) is 8. The van der Waals surface area contributed by atoms with Crippen molar-refractivity contribution in [2.75, 3.05) is 52.7 Å². The lowest BCUT2D eigenvalue weighted by atomic mass is 10.0. The van der Waals surface area contributed by atoms with E-state index < -0.39 is 18.3 Å². The molecular formula is C38H63N3O10. The standard InChI is InChI=1S/C38H63N3O10/c42-32-20-27-50-33(38(32)47)30-49-25-13-12-18-34(43)39-22-14-23-40-36(45)21-26-48-28-24-41-35(44)17-10-5-3-1-2-4-6-11-19-37(46)51-29-31-15-8-7-9-16-31/h7-9,15-16,32-33,38,42,47H,1-6,10-14,17-30H2,(H,39,43)(H,40,45)(H,41,44). The number of nitrogens with one attached hydrogen (secondary N) is 3. The average Bonchev–Trinajstić information content (AvgIpc) is 3.13. The van der Waals surface area contributed by atoms with Crippen molar-refractivity contribution in [3.05, 3.63) is 35.9 Å². The number of rotatable bonds is 30. The van der Waals surface area contributed by atoms with Crippen molar-refractivity contribution in [1.29, 1.82) is 0 Å². The van der Waals surface area contributed by atoms with Crippen molar-refractivity contribution in [2.45, 2.75) is 128 Å². The largest absolute Gasteiger partial charge is 0.461 e. The quantitative estimate of drug-likeness (QED) is 0.0583. The van der Waals surface area contributed by atoms with Crippen LogP contribution in [-0.2, 0) is 44.7 Å². The Morgan fingerprint density at radius 2 is 1.24 bits per heavy atom. The SMILES string of the molecule is O=C(CCCCOCC1OCCC(O)C1O)NCCCNC(=O)CCOCCNC(=O)CCCCCCCCCCC(=O)OCc1ccccc1. The van der Waals surface area contributed by atoms with Crippen molar-refractivity contribution in [3.63, 3.8) is 0 Å². The molecule has 0 spiro atoms. The summed E-state index contributed by atoms with van der Waals surface area (Å²) in [4.78, 5) is 47.8. The Hall–Kier alpha value is -3.10. The predicted molar refractivity (Wildman–Crippen MR) is 193 cm³/mol. The van der Waals surface area contributed by atoms with Gasteiger partial charge in [0.25, 0.3) is 0 Å². The number of ether oxygens (including phenoxy) is 4. The van der Waals surface area contributed by atoms with Gasteiger partial charge in [0.05, 0.1) is 25.9 Å². The lowest BCUT2D eigenvalue weighted by molar-refractivity contribution is -0.154. The summed E-state index contributed by atoms with van der Waals surface area (Å²) in [7, 11) is 0. The second kappa shape index (κ2) is 29.5. The van der Waals surface area contributed by atoms with Crippen molar-refractivity contribution >= 4 is 23.7 Å². The summed E-state index contributed by atoms with van der Waals surface area (Å²) in [6.45, 7) is 3.37. The third kappa shape index (κ3) is 23.9. The highest BCUT2D eigenvalue weighted by Gasteiger charge is 2.31. The second-order valence-electron chi connectivity index (χ2n) is 13.0. The molecule has 0 saturated carbocycles. The van der Waals surface area contributed by atoms with Gasteiger partial charge in [-0.15, -0.1) is 0 Å². The van der Waals surface area contributed by atoms with Gasteiger partial charge >= 0.3 is 5.97 Å². The molecule has 1 aliphatic rings. The van der Waals surface area contributed by atoms with Gasteiger partial charge in [0.15, 0.2) is 0 Å². The van der Waals surface area contributed by atoms with Crippen LogP contribution in [0.15, 0.2) is 30.3 Å². The van der Waals surface area contributed by atoms with Crippen LogP contribution in [-0.4, -0.2) is 105 Å². The third-order valence-electron chi connectivity index (χ3n) is 8.56. The molecule has 2 rings (SSSR count). The van der Waals surface area contributed by atoms with Crippen LogP contribution in [0, 0.1) is 0 Å². The van der Waals surface area contributed by atoms with E-state index in [0.717, 1.165) is 56.9 Å². The highest BCUT2D eigenvalue weighted by molar-refractivity contribution is 5.76. The summed E-state index contributed by atoms with van der Waals surface area (Å²) < 4.78 is 21.7. The van der Waals surface area contributed by atoms with Crippen LogP contribution in [0.2, 0.25) is 0 Å². The number of carbonyl (C=O) groups excluding carboxylic acids is 4. The average molecular weight is 722 g/mol. The first-order chi connectivity index (χ1) is 24.8. The summed E-state index contributed by atoms with van der Waals surface area (Å²) in [5.41, 5.74) is 1.00. The van der Waals surface area contributed by atoms with Gasteiger partial charge in [0.1, 0.15) is 18.8 Å². The van der Waals surface area contributed by atoms with Crippen molar-refractivity contribution in [2.24, 2.45) is 0 Å². The van der Waals surface area contributed by atoms with Gasteiger partial charge in [-0.3, -0.25) is 19.2 Å². The number of aliphatic hydroxyl groups is 2. The van der Waals surface area contributed by atoms with Crippen LogP contribution in [0.5, 0.6) is 0 Å². The molecule has 1 saturated heterocycles. The molecule has 1 aliphatic heterocycles. The van der Waals surface area contributed by atoms with Crippen LogP contribution >= 0.6 is 0 Å². The highest BCUT2D eigenvalue weighted by atomic mass is 16.5. The topological polar surface area (TPSA) is 182 Å². The Morgan fingerprint density at radius 1 is 0.647 bits per heavy atom. The summed E-state index contributed by atoms with van der Waals surface area (Å²) in [5, 5.41) is 28.0. The van der Waals surface area contributed by atoms with Gasteiger partial charge in [-0.1, -0.05) is 68.9 Å². The van der Waals surface area contributed by atoms with E-state index in [1.54, 1.807) is 0 Å². The minimum absolute atomic E-state index is 0.0146. The molecular weight excluding hydrogens is 658 g/mol. The molecule has 3 atom stereocenters. The van der Waals surface area contributed by atoms with Crippen molar-refractivity contribution in [3.8, 4) is 0 Å². The van der Waals surface area contributed by atoms with Crippen LogP contribution in [0.4, 0.5) is 0 Å². The van der Waals surface area contributed by atoms with Crippen LogP contribution in [0.3, 0.4) is 0 Å². The minimum Gasteiger partial charge on any atom is -0.461 e. The number of hydrogen-bond donors (Lipinski definition) is 5. The monoisotopic (exact) mass is 721 g/mol. The molecule has 3 unspecified atom stereocenters. The number of hydrogen-bond acceptors (Lipinski definition) is 10. The molecule has 1 aromatic carbocycles. The number of amides is 3. The fourth-order valence-electron chi connectivity index (χ4n) is 5.46. The van der Waals surface area contributed by atoms with Crippen molar-refractivity contribution < 1.29 is 48.3 Å². The van der Waals surface area contributed by atoms with E-state index in [0.29, 0.717) is 91.0 Å². The smallest absolute Gasteiger partial charge is 0.306 e. The van der Waals surface area contributed by atoms with E-state index in [2.05, 4.69) is 16.0 Å². The van der Waals surface area contributed by atoms with E-state index >= 15 is 0 Å². The fourth-order valence-corrected chi connectivity index (χ4v) is 5.46. The molecule has 1 aromatic rings. The predicted octanol–water partition coefficient (Wildman–Crippen LogP) is 3.47. The second-order valence-corrected chi connectivity index (χ2v) is 13.0. The molecule has 0 radical (unpaired) electrons. The molecule has 1 heterocycles. The minimum atomic E-state index is -0.933. The van der Waals surface area contributed by atoms with E-state index in [1.807, 2.05) is 30.3 Å². The molecule has 13 nitrogen and oxygen atoms in total. The van der Waals surface area contributed by atoms with Crippen LogP contribution in [0.1, 0.15) is 108 Å². The zero-order chi connectivity index (χ0) is 36.8. The Balaban J connectivity index is 1.26. The zero-order valence-corrected chi connectivity index (χ0v) is 30.5. The van der Waals surface area contributed by atoms with Gasteiger partial charge in [-0.05, 0) is 44.1 Å². The van der Waals surface area contributed by atoms with Gasteiger partial charge in [0, 0.05) is 58.5 Å². The first kappa shape index (κ1) is 44.1. The number of carbonyl (C=O) groups is 4. The Bertz CT molecular complexity index is 1080. The Morgan fingerprint density at radius 3 is 1.92 bits per heavy atom. The van der Waals surface area contributed by atoms with Gasteiger partial charge in [-0.25, -0.2) is 0 Å². The molecule has 0 aromatic heterocycles. The van der Waals surface area contributed by atoms with E-state index in [-0.39, 0.29) is 43.3 Å². The maximum absolute atomic E-state index is 12.0. The maximum Gasteiger partial charge on any atom is 0.306 e. The first-order valence-electron chi connectivity index (χ1n) is 19.0. The molecule has 0 aliphatic carbocycles. The van der Waals surface area contributed by atoms with Crippen LogP contribution in [0.25, 0.3) is 0 Å². The van der Waals surface area contributed by atoms with Gasteiger partial charge in [-0.2, -0.15) is 0 Å². The Kier molecular flexibility index (Phi) is 25.5. The number of aliphatic hydroxyl groups excluding tert-OH is 2. The maximum atomic E-state index is 12.0. The summed E-state index contributed by atoms with van der Waals surface area (Å²) >= 11 is 0. The summed E-state index contributed by atoms with van der Waals surface area (Å²) in [5.74, 6) is -0.294. The number of benzene rings is 1. The number of esters is 1. The Labute approximate surface area is 303 Å². The molecule has 13 heteroatoms. The molecule has 5 N–H and O–H groups in total. The lowest BCUT2D eigenvalue weighted by Crippen LogP contribution is -2.46. The lowest BCUT2D eigenvalue weighted by Gasteiger charge is -2.31. The van der Waals surface area contributed by atoms with E-state index in [9.17, 15) is 29.4 Å². The highest BCUT2D eigenvalue weighted by Crippen LogP contribution is 2.15. The molecule has 3 amide bonds. The van der Waals surface area contributed by atoms with E-state index in [4.69, 9.17) is 18.9 Å². The molecule has 51 heavy (non-hydrogen) atoms. The zero-order valence-electron chi connectivity index (χ0n) is 30.5. The fraction of sp³-hybridized carbons (Fsp3) is 0.737. The molecule has 290 valence electrons. The van der Waals surface area contributed by atoms with Crippen LogP contribution < -0.4 is 16.0 Å². The van der Waals surface area contributed by atoms with Gasteiger partial charge < -0.3 is 45.1 Å². The molecule has 1 fully saturated rings.